The lowest BCUT2D eigenvalue weighted by atomic mass is 10.2. The third-order valence-electron chi connectivity index (χ3n) is 2.95. The summed E-state index contributed by atoms with van der Waals surface area (Å²) in [5, 5.41) is 9.33. The molecule has 0 amide bonds. The normalized spacial score (nSPS) is 9.95. The lowest BCUT2D eigenvalue weighted by molar-refractivity contribution is 0.304. The molecule has 3 nitrogen and oxygen atoms in total. The number of nitrogens with zero attached hydrogens (tertiary/aromatic N) is 1. The lowest BCUT2D eigenvalue weighted by Crippen LogP contribution is -1.98. The molecule has 0 atom stereocenters. The molecule has 0 aliphatic rings. The maximum atomic E-state index is 9.33. The van der Waals surface area contributed by atoms with E-state index >= 15 is 0 Å². The molecule has 0 unspecified atom stereocenters. The fraction of sp³-hybridized carbons (Fsp3) is 0.235. The van der Waals surface area contributed by atoms with Crippen molar-refractivity contribution in [2.45, 2.75) is 18.4 Å². The zero-order chi connectivity index (χ0) is 15.1. The molecule has 0 aliphatic heterocycles. The van der Waals surface area contributed by atoms with Crippen molar-refractivity contribution >= 4 is 11.8 Å². The standard InChI is InChI=1S/C17H17NO2S/c1-3-21-17-6-4-5-16(15(17)11-18)20-12-13-7-9-14(19-2)10-8-13/h4-10H,3,12H2,1-2H3. The Morgan fingerprint density at radius 3 is 2.52 bits per heavy atom. The fourth-order valence-electron chi connectivity index (χ4n) is 1.90. The first-order valence-corrected chi connectivity index (χ1v) is 7.68. The van der Waals surface area contributed by atoms with E-state index in [4.69, 9.17) is 9.47 Å². The number of nitriles is 1. The second kappa shape index (κ2) is 7.61. The Morgan fingerprint density at radius 1 is 1.14 bits per heavy atom. The minimum Gasteiger partial charge on any atom is -0.497 e. The van der Waals surface area contributed by atoms with Gasteiger partial charge in [-0.3, -0.25) is 0 Å². The summed E-state index contributed by atoms with van der Waals surface area (Å²) in [5.41, 5.74) is 1.64. The highest BCUT2D eigenvalue weighted by atomic mass is 32.2. The summed E-state index contributed by atoms with van der Waals surface area (Å²) in [5.74, 6) is 2.38. The van der Waals surface area contributed by atoms with E-state index < -0.39 is 0 Å². The van der Waals surface area contributed by atoms with E-state index in [2.05, 4.69) is 13.0 Å². The Balaban J connectivity index is 2.12. The summed E-state index contributed by atoms with van der Waals surface area (Å²) in [6.07, 6.45) is 0. The van der Waals surface area contributed by atoms with Crippen LogP contribution in [0.5, 0.6) is 11.5 Å². The molecule has 0 aliphatic carbocycles. The van der Waals surface area contributed by atoms with E-state index in [0.29, 0.717) is 17.9 Å². The molecule has 21 heavy (non-hydrogen) atoms. The van der Waals surface area contributed by atoms with E-state index in [1.165, 1.54) is 0 Å². The third-order valence-corrected chi connectivity index (χ3v) is 3.89. The first kappa shape index (κ1) is 15.3. The summed E-state index contributed by atoms with van der Waals surface area (Å²) in [7, 11) is 1.64. The van der Waals surface area contributed by atoms with Crippen LogP contribution in [0.2, 0.25) is 0 Å². The number of rotatable bonds is 6. The Morgan fingerprint density at radius 2 is 1.90 bits per heavy atom. The van der Waals surface area contributed by atoms with E-state index in [9.17, 15) is 5.26 Å². The maximum Gasteiger partial charge on any atom is 0.138 e. The average molecular weight is 299 g/mol. The molecule has 0 aromatic heterocycles. The van der Waals surface area contributed by atoms with Crippen LogP contribution < -0.4 is 9.47 Å². The molecule has 0 saturated carbocycles. The van der Waals surface area contributed by atoms with Crippen molar-refractivity contribution in [3.8, 4) is 17.6 Å². The molecule has 2 aromatic rings. The number of benzene rings is 2. The van der Waals surface area contributed by atoms with Gasteiger partial charge in [0.1, 0.15) is 29.7 Å². The number of thioether (sulfide) groups is 1. The minimum atomic E-state index is 0.429. The van der Waals surface area contributed by atoms with Gasteiger partial charge in [-0.15, -0.1) is 11.8 Å². The summed E-state index contributed by atoms with van der Waals surface area (Å²) in [6, 6.07) is 15.6. The minimum absolute atomic E-state index is 0.429. The van der Waals surface area contributed by atoms with Gasteiger partial charge in [0, 0.05) is 4.90 Å². The molecular weight excluding hydrogens is 282 g/mol. The average Bonchev–Trinajstić information content (AvgIpc) is 2.54. The first-order chi connectivity index (χ1) is 10.3. The van der Waals surface area contributed by atoms with Gasteiger partial charge in [-0.2, -0.15) is 5.26 Å². The van der Waals surface area contributed by atoms with Crippen LogP contribution >= 0.6 is 11.8 Å². The highest BCUT2D eigenvalue weighted by Crippen LogP contribution is 2.29. The van der Waals surface area contributed by atoms with Gasteiger partial charge in [-0.25, -0.2) is 0 Å². The zero-order valence-corrected chi connectivity index (χ0v) is 12.9. The first-order valence-electron chi connectivity index (χ1n) is 6.70. The largest absolute Gasteiger partial charge is 0.497 e. The van der Waals surface area contributed by atoms with Crippen LogP contribution in [0.25, 0.3) is 0 Å². The second-order valence-electron chi connectivity index (χ2n) is 4.31. The molecule has 108 valence electrons. The number of hydrogen-bond donors (Lipinski definition) is 0. The number of ether oxygens (including phenoxy) is 2. The monoisotopic (exact) mass is 299 g/mol. The highest BCUT2D eigenvalue weighted by Gasteiger charge is 2.09. The van der Waals surface area contributed by atoms with Crippen LogP contribution in [-0.4, -0.2) is 12.9 Å². The van der Waals surface area contributed by atoms with Gasteiger partial charge in [0.05, 0.1) is 7.11 Å². The Bertz CT molecular complexity index is 632. The molecule has 2 aromatic carbocycles. The Labute approximate surface area is 129 Å². The van der Waals surface area contributed by atoms with Crippen LogP contribution in [0.4, 0.5) is 0 Å². The van der Waals surface area contributed by atoms with Crippen LogP contribution in [0.1, 0.15) is 18.1 Å². The molecule has 0 bridgehead atoms. The molecule has 0 saturated heterocycles. The molecule has 0 heterocycles. The predicted molar refractivity (Wildman–Crippen MR) is 84.9 cm³/mol. The second-order valence-corrected chi connectivity index (χ2v) is 5.62. The molecular formula is C17H17NO2S. The van der Waals surface area contributed by atoms with Crippen molar-refractivity contribution < 1.29 is 9.47 Å². The summed E-state index contributed by atoms with van der Waals surface area (Å²) in [6.45, 7) is 2.50. The van der Waals surface area contributed by atoms with E-state index in [1.54, 1.807) is 18.9 Å². The van der Waals surface area contributed by atoms with Crippen LogP contribution in [0.3, 0.4) is 0 Å². The SMILES string of the molecule is CCSc1cccc(OCc2ccc(OC)cc2)c1C#N. The van der Waals surface area contributed by atoms with Crippen LogP contribution in [0.15, 0.2) is 47.4 Å². The molecule has 0 fully saturated rings. The van der Waals surface area contributed by atoms with Crippen molar-refractivity contribution in [1.82, 2.24) is 0 Å². The number of methoxy groups -OCH3 is 1. The fourth-order valence-corrected chi connectivity index (χ4v) is 2.68. The van der Waals surface area contributed by atoms with E-state index in [-0.39, 0.29) is 0 Å². The quantitative estimate of drug-likeness (QED) is 0.747. The zero-order valence-electron chi connectivity index (χ0n) is 12.1. The van der Waals surface area contributed by atoms with E-state index in [1.807, 2.05) is 42.5 Å². The summed E-state index contributed by atoms with van der Waals surface area (Å²) >= 11 is 1.65. The molecule has 0 N–H and O–H groups in total. The van der Waals surface area contributed by atoms with Crippen molar-refractivity contribution in [3.05, 3.63) is 53.6 Å². The van der Waals surface area contributed by atoms with Crippen molar-refractivity contribution in [2.75, 3.05) is 12.9 Å². The Kier molecular flexibility index (Phi) is 5.53. The topological polar surface area (TPSA) is 42.2 Å². The van der Waals surface area contributed by atoms with E-state index in [0.717, 1.165) is 22.0 Å². The predicted octanol–water partition coefficient (Wildman–Crippen LogP) is 4.26. The van der Waals surface area contributed by atoms with Crippen LogP contribution in [0, 0.1) is 11.3 Å². The van der Waals surface area contributed by atoms with Crippen molar-refractivity contribution in [3.63, 3.8) is 0 Å². The van der Waals surface area contributed by atoms with Gasteiger partial charge in [-0.1, -0.05) is 25.1 Å². The molecule has 0 radical (unpaired) electrons. The molecule has 4 heteroatoms. The van der Waals surface area contributed by atoms with Crippen molar-refractivity contribution in [2.24, 2.45) is 0 Å². The molecule has 0 spiro atoms. The summed E-state index contributed by atoms with van der Waals surface area (Å²) < 4.78 is 10.9. The smallest absolute Gasteiger partial charge is 0.138 e. The third kappa shape index (κ3) is 3.93. The molecule has 2 rings (SSSR count). The summed E-state index contributed by atoms with van der Waals surface area (Å²) in [4.78, 5) is 0.965. The van der Waals surface area contributed by atoms with Crippen molar-refractivity contribution in [1.29, 1.82) is 5.26 Å². The Hall–Kier alpha value is -2.12. The van der Waals surface area contributed by atoms with Gasteiger partial charge < -0.3 is 9.47 Å². The van der Waals surface area contributed by atoms with Crippen LogP contribution in [-0.2, 0) is 6.61 Å². The number of hydrogen-bond acceptors (Lipinski definition) is 4. The van der Waals surface area contributed by atoms with Gasteiger partial charge in [-0.05, 0) is 35.6 Å². The van der Waals surface area contributed by atoms with Gasteiger partial charge in [0.2, 0.25) is 0 Å². The van der Waals surface area contributed by atoms with Gasteiger partial charge in [0.15, 0.2) is 0 Å². The highest BCUT2D eigenvalue weighted by molar-refractivity contribution is 7.99. The van der Waals surface area contributed by atoms with Gasteiger partial charge >= 0.3 is 0 Å². The lowest BCUT2D eigenvalue weighted by Gasteiger charge is -2.11. The maximum absolute atomic E-state index is 9.33. The van der Waals surface area contributed by atoms with Gasteiger partial charge in [0.25, 0.3) is 0 Å².